The lowest BCUT2D eigenvalue weighted by molar-refractivity contribution is -0.131. The molecule has 2 aromatic carbocycles. The van der Waals surface area contributed by atoms with Gasteiger partial charge in [0.05, 0.1) is 17.0 Å². The minimum Gasteiger partial charge on any atom is -0.505 e. The number of carbonyl (C=O) groups excluding carboxylic acids is 1. The van der Waals surface area contributed by atoms with E-state index in [0.717, 1.165) is 22.4 Å². The molecule has 2 N–H and O–H groups in total. The van der Waals surface area contributed by atoms with E-state index >= 15 is 0 Å². The van der Waals surface area contributed by atoms with E-state index in [1.54, 1.807) is 6.92 Å². The zero-order valence-corrected chi connectivity index (χ0v) is 14.1. The first-order chi connectivity index (χ1) is 12.5. The van der Waals surface area contributed by atoms with Gasteiger partial charge in [0.15, 0.2) is 6.29 Å². The molecule has 0 aliphatic rings. The number of nitrogens with zero attached hydrogens (tertiary/aromatic N) is 1. The van der Waals surface area contributed by atoms with Gasteiger partial charge in [-0.2, -0.15) is 0 Å². The standard InChI is InChI=1S/C21H17NO4/c1-13-21(26)18(12-23)17(9-10-20(24)25)19(22-13)11-15-7-4-6-14-5-2-3-8-16(14)15/h2-10,12,26H,11H2,1H3,(H,24,25)/b10-9+. The molecule has 3 aromatic rings. The first-order valence-corrected chi connectivity index (χ1v) is 8.06. The van der Waals surface area contributed by atoms with Crippen LogP contribution >= 0.6 is 0 Å². The number of carboxylic acid groups (broad SMARTS) is 1. The number of carboxylic acids is 1. The Hall–Kier alpha value is -3.47. The molecule has 0 bridgehead atoms. The van der Waals surface area contributed by atoms with Gasteiger partial charge < -0.3 is 10.2 Å². The monoisotopic (exact) mass is 347 g/mol. The van der Waals surface area contributed by atoms with Crippen molar-refractivity contribution in [3.63, 3.8) is 0 Å². The second-order valence-electron chi connectivity index (χ2n) is 5.92. The fourth-order valence-electron chi connectivity index (χ4n) is 3.02. The zero-order valence-electron chi connectivity index (χ0n) is 14.1. The smallest absolute Gasteiger partial charge is 0.328 e. The molecule has 26 heavy (non-hydrogen) atoms. The molecule has 0 aliphatic carbocycles. The average molecular weight is 347 g/mol. The summed E-state index contributed by atoms with van der Waals surface area (Å²) in [6.07, 6.45) is 3.17. The van der Waals surface area contributed by atoms with E-state index in [1.807, 2.05) is 42.5 Å². The summed E-state index contributed by atoms with van der Waals surface area (Å²) in [6, 6.07) is 13.8. The number of rotatable bonds is 5. The summed E-state index contributed by atoms with van der Waals surface area (Å²) in [5.74, 6) is -1.37. The maximum atomic E-state index is 11.5. The second kappa shape index (κ2) is 7.19. The lowest BCUT2D eigenvalue weighted by atomic mass is 9.96. The normalized spacial score (nSPS) is 11.1. The quantitative estimate of drug-likeness (QED) is 0.542. The van der Waals surface area contributed by atoms with Gasteiger partial charge in [-0.05, 0) is 29.3 Å². The van der Waals surface area contributed by atoms with Gasteiger partial charge in [0.2, 0.25) is 0 Å². The number of carbonyl (C=O) groups is 2. The van der Waals surface area contributed by atoms with Crippen molar-refractivity contribution in [2.75, 3.05) is 0 Å². The maximum absolute atomic E-state index is 11.5. The predicted octanol–water partition coefficient (Wildman–Crippen LogP) is 3.75. The molecule has 0 atom stereocenters. The molecule has 5 nitrogen and oxygen atoms in total. The van der Waals surface area contributed by atoms with Crippen LogP contribution in [0, 0.1) is 6.92 Å². The number of aromatic hydroxyl groups is 1. The van der Waals surface area contributed by atoms with E-state index < -0.39 is 5.97 Å². The van der Waals surface area contributed by atoms with Crippen molar-refractivity contribution in [2.45, 2.75) is 13.3 Å². The number of aromatic nitrogens is 1. The Balaban J connectivity index is 2.18. The molecule has 5 heteroatoms. The molecule has 0 fully saturated rings. The number of aliphatic carboxylic acids is 1. The molecule has 0 unspecified atom stereocenters. The van der Waals surface area contributed by atoms with Gasteiger partial charge in [0.1, 0.15) is 5.75 Å². The summed E-state index contributed by atoms with van der Waals surface area (Å²) in [7, 11) is 0. The Morgan fingerprint density at radius 2 is 1.85 bits per heavy atom. The highest BCUT2D eigenvalue weighted by atomic mass is 16.4. The summed E-state index contributed by atoms with van der Waals surface area (Å²) in [6.45, 7) is 1.61. The van der Waals surface area contributed by atoms with Crippen molar-refractivity contribution in [3.05, 3.63) is 76.6 Å². The number of benzene rings is 2. The summed E-state index contributed by atoms with van der Waals surface area (Å²) in [5, 5.41) is 21.2. The molecule has 130 valence electrons. The largest absolute Gasteiger partial charge is 0.505 e. The van der Waals surface area contributed by atoms with Crippen LogP contribution in [0.15, 0.2) is 48.5 Å². The SMILES string of the molecule is Cc1nc(Cc2cccc3ccccc23)c(/C=C/C(=O)O)c(C=O)c1O. The van der Waals surface area contributed by atoms with Crippen molar-refractivity contribution in [1.29, 1.82) is 0 Å². The number of aryl methyl sites for hydroxylation is 1. The van der Waals surface area contributed by atoms with Gasteiger partial charge >= 0.3 is 5.97 Å². The summed E-state index contributed by atoms with van der Waals surface area (Å²) in [5.41, 5.74) is 2.23. The van der Waals surface area contributed by atoms with E-state index in [9.17, 15) is 14.7 Å². The molecule has 1 heterocycles. The van der Waals surface area contributed by atoms with Crippen LogP contribution in [-0.2, 0) is 11.2 Å². The Bertz CT molecular complexity index is 1030. The van der Waals surface area contributed by atoms with Crippen LogP contribution in [-0.4, -0.2) is 27.5 Å². The number of pyridine rings is 1. The third kappa shape index (κ3) is 3.32. The molecule has 0 saturated carbocycles. The lowest BCUT2D eigenvalue weighted by Gasteiger charge is -2.13. The van der Waals surface area contributed by atoms with Gasteiger partial charge in [0, 0.05) is 18.1 Å². The zero-order chi connectivity index (χ0) is 18.7. The van der Waals surface area contributed by atoms with Gasteiger partial charge in [-0.3, -0.25) is 9.78 Å². The van der Waals surface area contributed by atoms with E-state index in [2.05, 4.69) is 4.98 Å². The Morgan fingerprint density at radius 1 is 1.12 bits per heavy atom. The highest BCUT2D eigenvalue weighted by Gasteiger charge is 2.16. The van der Waals surface area contributed by atoms with Gasteiger partial charge in [-0.1, -0.05) is 42.5 Å². The molecule has 0 radical (unpaired) electrons. The highest BCUT2D eigenvalue weighted by Crippen LogP contribution is 2.29. The van der Waals surface area contributed by atoms with Crippen molar-refractivity contribution in [2.24, 2.45) is 0 Å². The molecular weight excluding hydrogens is 330 g/mol. The molecule has 0 aliphatic heterocycles. The second-order valence-corrected chi connectivity index (χ2v) is 5.92. The minimum atomic E-state index is -1.14. The van der Waals surface area contributed by atoms with Crippen LogP contribution in [0.2, 0.25) is 0 Å². The van der Waals surface area contributed by atoms with Crippen LogP contribution in [0.25, 0.3) is 16.8 Å². The third-order valence-corrected chi connectivity index (χ3v) is 4.25. The van der Waals surface area contributed by atoms with Gasteiger partial charge in [-0.15, -0.1) is 0 Å². The molecule has 0 spiro atoms. The van der Waals surface area contributed by atoms with E-state index in [1.165, 1.54) is 6.08 Å². The van der Waals surface area contributed by atoms with Gasteiger partial charge in [-0.25, -0.2) is 4.79 Å². The van der Waals surface area contributed by atoms with Crippen LogP contribution in [0.3, 0.4) is 0 Å². The van der Waals surface area contributed by atoms with Gasteiger partial charge in [0.25, 0.3) is 0 Å². The number of aldehydes is 1. The fraction of sp³-hybridized carbons (Fsp3) is 0.0952. The maximum Gasteiger partial charge on any atom is 0.328 e. The topological polar surface area (TPSA) is 87.5 Å². The Labute approximate surface area is 150 Å². The Kier molecular flexibility index (Phi) is 4.80. The van der Waals surface area contributed by atoms with Crippen LogP contribution in [0.4, 0.5) is 0 Å². The van der Waals surface area contributed by atoms with E-state index in [4.69, 9.17) is 5.11 Å². The lowest BCUT2D eigenvalue weighted by Crippen LogP contribution is -2.04. The summed E-state index contributed by atoms with van der Waals surface area (Å²) >= 11 is 0. The van der Waals surface area contributed by atoms with E-state index in [-0.39, 0.29) is 11.3 Å². The van der Waals surface area contributed by atoms with Crippen molar-refractivity contribution in [1.82, 2.24) is 4.98 Å². The number of hydrogen-bond acceptors (Lipinski definition) is 4. The van der Waals surface area contributed by atoms with E-state index in [0.29, 0.717) is 29.7 Å². The fourth-order valence-corrected chi connectivity index (χ4v) is 3.02. The summed E-state index contributed by atoms with van der Waals surface area (Å²) in [4.78, 5) is 26.8. The highest BCUT2D eigenvalue weighted by molar-refractivity contribution is 5.92. The predicted molar refractivity (Wildman–Crippen MR) is 99.5 cm³/mol. The van der Waals surface area contributed by atoms with Crippen molar-refractivity contribution < 1.29 is 19.8 Å². The summed E-state index contributed by atoms with van der Waals surface area (Å²) < 4.78 is 0. The van der Waals surface area contributed by atoms with Crippen LogP contribution in [0.1, 0.15) is 32.9 Å². The number of fused-ring (bicyclic) bond motifs is 1. The molecular formula is C21H17NO4. The first-order valence-electron chi connectivity index (χ1n) is 8.06. The minimum absolute atomic E-state index is 0.0465. The molecule has 3 rings (SSSR count). The average Bonchev–Trinajstić information content (AvgIpc) is 2.63. The third-order valence-electron chi connectivity index (χ3n) is 4.25. The first kappa shape index (κ1) is 17.4. The van der Waals surface area contributed by atoms with Crippen molar-refractivity contribution >= 4 is 29.1 Å². The number of hydrogen-bond donors (Lipinski definition) is 2. The Morgan fingerprint density at radius 3 is 2.58 bits per heavy atom. The van der Waals surface area contributed by atoms with Crippen molar-refractivity contribution in [3.8, 4) is 5.75 Å². The molecule has 0 amide bonds. The molecule has 0 saturated heterocycles. The van der Waals surface area contributed by atoms with Crippen LogP contribution < -0.4 is 0 Å². The van der Waals surface area contributed by atoms with Crippen LogP contribution in [0.5, 0.6) is 5.75 Å². The molecule has 1 aromatic heterocycles.